The molecular formula is C20H25ClN2O3. The molecule has 0 bridgehead atoms. The van der Waals surface area contributed by atoms with Crippen molar-refractivity contribution >= 4 is 17.3 Å². The quantitative estimate of drug-likeness (QED) is 0.793. The smallest absolute Gasteiger partial charge is 0.160 e. The van der Waals surface area contributed by atoms with Crippen LogP contribution >= 0.6 is 11.6 Å². The van der Waals surface area contributed by atoms with Crippen LogP contribution < -0.4 is 14.8 Å². The van der Waals surface area contributed by atoms with Crippen molar-refractivity contribution in [3.05, 3.63) is 47.0 Å². The van der Waals surface area contributed by atoms with E-state index in [9.17, 15) is 5.11 Å². The molecule has 26 heavy (non-hydrogen) atoms. The van der Waals surface area contributed by atoms with Gasteiger partial charge >= 0.3 is 0 Å². The van der Waals surface area contributed by atoms with Gasteiger partial charge in [0.1, 0.15) is 5.75 Å². The molecule has 0 radical (unpaired) electrons. The second-order valence-corrected chi connectivity index (χ2v) is 6.97. The van der Waals surface area contributed by atoms with Gasteiger partial charge < -0.3 is 19.9 Å². The lowest BCUT2D eigenvalue weighted by Crippen LogP contribution is -2.41. The molecule has 0 aromatic heterocycles. The summed E-state index contributed by atoms with van der Waals surface area (Å²) in [6.07, 6.45) is 2.26. The Morgan fingerprint density at radius 1 is 1.19 bits per heavy atom. The number of ether oxygens (including phenoxy) is 2. The average Bonchev–Trinajstić information content (AvgIpc) is 2.65. The molecule has 0 spiro atoms. The molecule has 0 saturated carbocycles. The van der Waals surface area contributed by atoms with Gasteiger partial charge in [-0.25, -0.2) is 0 Å². The number of benzene rings is 2. The number of phenols is 1. The fourth-order valence-corrected chi connectivity index (χ4v) is 3.57. The Morgan fingerprint density at radius 2 is 1.96 bits per heavy atom. The molecular weight excluding hydrogens is 352 g/mol. The maximum Gasteiger partial charge on any atom is 0.160 e. The molecule has 6 heteroatoms. The Kier molecular flexibility index (Phi) is 6.12. The van der Waals surface area contributed by atoms with Crippen LogP contribution in [0.5, 0.6) is 17.2 Å². The molecule has 2 aromatic rings. The first-order chi connectivity index (χ1) is 12.6. The van der Waals surface area contributed by atoms with Crippen molar-refractivity contribution in [3.8, 4) is 17.2 Å². The van der Waals surface area contributed by atoms with E-state index in [1.54, 1.807) is 20.3 Å². The lowest BCUT2D eigenvalue weighted by atomic mass is 10.0. The Hall–Kier alpha value is -2.11. The van der Waals surface area contributed by atoms with Crippen molar-refractivity contribution in [2.45, 2.75) is 25.4 Å². The van der Waals surface area contributed by atoms with Crippen LogP contribution in [0.2, 0.25) is 5.02 Å². The maximum absolute atomic E-state index is 9.82. The van der Waals surface area contributed by atoms with E-state index in [0.29, 0.717) is 16.8 Å². The molecule has 1 saturated heterocycles. The Bertz CT molecular complexity index is 737. The van der Waals surface area contributed by atoms with E-state index >= 15 is 0 Å². The van der Waals surface area contributed by atoms with Gasteiger partial charge in [-0.15, -0.1) is 0 Å². The van der Waals surface area contributed by atoms with Crippen LogP contribution in [0.15, 0.2) is 36.4 Å². The minimum atomic E-state index is 0.0685. The molecule has 140 valence electrons. The average molecular weight is 377 g/mol. The van der Waals surface area contributed by atoms with Crippen LogP contribution in [0, 0.1) is 0 Å². The normalized spacial score (nSPS) is 17.7. The summed E-state index contributed by atoms with van der Waals surface area (Å²) in [5.41, 5.74) is 2.06. The number of rotatable bonds is 6. The van der Waals surface area contributed by atoms with Gasteiger partial charge in [-0.05, 0) is 55.3 Å². The Morgan fingerprint density at radius 3 is 2.65 bits per heavy atom. The molecule has 0 unspecified atom stereocenters. The van der Waals surface area contributed by atoms with Gasteiger partial charge in [0, 0.05) is 35.9 Å². The molecule has 5 nitrogen and oxygen atoms in total. The number of piperidine rings is 1. The number of methoxy groups -OCH3 is 2. The molecule has 2 N–H and O–H groups in total. The monoisotopic (exact) mass is 376 g/mol. The van der Waals surface area contributed by atoms with Crippen molar-refractivity contribution < 1.29 is 14.6 Å². The van der Waals surface area contributed by atoms with E-state index in [1.165, 1.54) is 0 Å². The van der Waals surface area contributed by atoms with E-state index in [4.69, 9.17) is 21.1 Å². The summed E-state index contributed by atoms with van der Waals surface area (Å²) in [7, 11) is 3.22. The zero-order valence-electron chi connectivity index (χ0n) is 15.2. The first-order valence-electron chi connectivity index (χ1n) is 8.77. The second kappa shape index (κ2) is 8.52. The molecule has 3 rings (SSSR count). The summed E-state index contributed by atoms with van der Waals surface area (Å²) < 4.78 is 10.4. The van der Waals surface area contributed by atoms with Crippen LogP contribution in [-0.4, -0.2) is 43.4 Å². The number of likely N-dealkylation sites (tertiary alicyclic amines) is 1. The van der Waals surface area contributed by atoms with Crippen molar-refractivity contribution in [2.75, 3.05) is 32.6 Å². The lowest BCUT2D eigenvalue weighted by molar-refractivity contribution is 0.208. The van der Waals surface area contributed by atoms with E-state index in [2.05, 4.69) is 10.2 Å². The summed E-state index contributed by atoms with van der Waals surface area (Å²) in [4.78, 5) is 2.38. The first kappa shape index (κ1) is 18.7. The summed E-state index contributed by atoms with van der Waals surface area (Å²) in [6, 6.07) is 11.8. The van der Waals surface area contributed by atoms with Gasteiger partial charge in [0.15, 0.2) is 11.5 Å². The van der Waals surface area contributed by atoms with E-state index < -0.39 is 0 Å². The van der Waals surface area contributed by atoms with Crippen LogP contribution in [0.4, 0.5) is 5.69 Å². The summed E-state index contributed by atoms with van der Waals surface area (Å²) in [5, 5.41) is 14.0. The Balaban J connectivity index is 1.63. The largest absolute Gasteiger partial charge is 0.504 e. The zero-order chi connectivity index (χ0) is 18.5. The van der Waals surface area contributed by atoms with Crippen LogP contribution in [0.1, 0.15) is 18.4 Å². The number of hydrogen-bond acceptors (Lipinski definition) is 5. The molecule has 1 fully saturated rings. The van der Waals surface area contributed by atoms with Crippen molar-refractivity contribution in [1.82, 2.24) is 4.90 Å². The molecule has 0 amide bonds. The van der Waals surface area contributed by atoms with Crippen LogP contribution in [0.25, 0.3) is 0 Å². The van der Waals surface area contributed by atoms with E-state index in [0.717, 1.165) is 49.5 Å². The third-order valence-corrected chi connectivity index (χ3v) is 5.06. The minimum Gasteiger partial charge on any atom is -0.504 e. The first-order valence-corrected chi connectivity index (χ1v) is 9.15. The molecule has 0 aliphatic carbocycles. The van der Waals surface area contributed by atoms with Gasteiger partial charge in [0.05, 0.1) is 14.2 Å². The summed E-state index contributed by atoms with van der Waals surface area (Å²) in [6.45, 7) is 2.70. The van der Waals surface area contributed by atoms with E-state index in [-0.39, 0.29) is 5.75 Å². The standard InChI is InChI=1S/C20H25ClN2O3/c1-25-17-7-5-15(6-8-17)22-16-4-3-9-23(13-16)12-14-10-20(26-2)19(24)11-18(14)21/h5-8,10-11,16,22,24H,3-4,9,12-13H2,1-2H3/t16-/m0/s1. The highest BCUT2D eigenvalue weighted by Crippen LogP contribution is 2.33. The van der Waals surface area contributed by atoms with Gasteiger partial charge in [-0.1, -0.05) is 11.6 Å². The van der Waals surface area contributed by atoms with Gasteiger partial charge in [-0.3, -0.25) is 4.90 Å². The van der Waals surface area contributed by atoms with Gasteiger partial charge in [0.2, 0.25) is 0 Å². The third kappa shape index (κ3) is 4.54. The number of anilines is 1. The Labute approximate surface area is 159 Å². The van der Waals surface area contributed by atoms with Gasteiger partial charge in [-0.2, -0.15) is 0 Å². The predicted octanol–water partition coefficient (Wildman–Crippen LogP) is 4.14. The number of hydrogen-bond donors (Lipinski definition) is 2. The fraction of sp³-hybridized carbons (Fsp3) is 0.400. The van der Waals surface area contributed by atoms with Crippen molar-refractivity contribution in [1.29, 1.82) is 0 Å². The highest BCUT2D eigenvalue weighted by atomic mass is 35.5. The summed E-state index contributed by atoms with van der Waals surface area (Å²) in [5.74, 6) is 1.38. The van der Waals surface area contributed by atoms with Crippen molar-refractivity contribution in [2.24, 2.45) is 0 Å². The number of phenolic OH excluding ortho intramolecular Hbond substituents is 1. The maximum atomic E-state index is 9.82. The topological polar surface area (TPSA) is 54.0 Å². The third-order valence-electron chi connectivity index (χ3n) is 4.71. The highest BCUT2D eigenvalue weighted by Gasteiger charge is 2.21. The minimum absolute atomic E-state index is 0.0685. The second-order valence-electron chi connectivity index (χ2n) is 6.56. The zero-order valence-corrected chi connectivity index (χ0v) is 15.9. The highest BCUT2D eigenvalue weighted by molar-refractivity contribution is 6.31. The number of aromatic hydroxyl groups is 1. The fourth-order valence-electron chi connectivity index (χ4n) is 3.35. The molecule has 1 atom stereocenters. The lowest BCUT2D eigenvalue weighted by Gasteiger charge is -2.34. The van der Waals surface area contributed by atoms with Gasteiger partial charge in [0.25, 0.3) is 0 Å². The molecule has 2 aromatic carbocycles. The van der Waals surface area contributed by atoms with Crippen molar-refractivity contribution in [3.63, 3.8) is 0 Å². The predicted molar refractivity (Wildman–Crippen MR) is 105 cm³/mol. The van der Waals surface area contributed by atoms with E-state index in [1.807, 2.05) is 30.3 Å². The summed E-state index contributed by atoms with van der Waals surface area (Å²) >= 11 is 6.30. The molecule has 1 aliphatic rings. The SMILES string of the molecule is COc1ccc(N[C@H]2CCCN(Cc3cc(OC)c(O)cc3Cl)C2)cc1. The number of nitrogens with zero attached hydrogens (tertiary/aromatic N) is 1. The molecule has 1 heterocycles. The number of halogens is 1. The molecule has 1 aliphatic heterocycles. The van der Waals surface area contributed by atoms with Crippen LogP contribution in [-0.2, 0) is 6.54 Å². The number of nitrogens with one attached hydrogen (secondary N) is 1. The van der Waals surface area contributed by atoms with Crippen LogP contribution in [0.3, 0.4) is 0 Å².